The predicted octanol–water partition coefficient (Wildman–Crippen LogP) is 2.23. The van der Waals surface area contributed by atoms with E-state index < -0.39 is 5.41 Å². The van der Waals surface area contributed by atoms with E-state index in [0.717, 1.165) is 5.39 Å². The van der Waals surface area contributed by atoms with Crippen LogP contribution in [-0.2, 0) is 9.59 Å². The van der Waals surface area contributed by atoms with Crippen LogP contribution in [-0.4, -0.2) is 23.3 Å². The second-order valence-electron chi connectivity index (χ2n) is 6.32. The molecule has 0 spiro atoms. The minimum absolute atomic E-state index is 0.167. The van der Waals surface area contributed by atoms with Gasteiger partial charge in [-0.2, -0.15) is 5.26 Å². The second-order valence-corrected chi connectivity index (χ2v) is 6.32. The number of carbonyl (C=O) groups is 2. The Balaban J connectivity index is 1.62. The molecule has 0 aliphatic heterocycles. The smallest absolute Gasteiger partial charge is 0.243 e. The van der Waals surface area contributed by atoms with E-state index >= 15 is 0 Å². The summed E-state index contributed by atoms with van der Waals surface area (Å²) < 4.78 is 0. The molecule has 24 heavy (non-hydrogen) atoms. The molecule has 2 N–H and O–H groups in total. The van der Waals surface area contributed by atoms with E-state index in [4.69, 9.17) is 0 Å². The van der Waals surface area contributed by atoms with E-state index in [1.54, 1.807) is 12.3 Å². The van der Waals surface area contributed by atoms with Crippen molar-refractivity contribution in [3.8, 4) is 6.07 Å². The Morgan fingerprint density at radius 3 is 2.79 bits per heavy atom. The molecule has 0 atom stereocenters. The first-order chi connectivity index (χ1) is 11.5. The summed E-state index contributed by atoms with van der Waals surface area (Å²) in [5.74, 6) is -0.345. The van der Waals surface area contributed by atoms with Gasteiger partial charge >= 0.3 is 0 Å². The first-order valence-electron chi connectivity index (χ1n) is 7.87. The number of pyridine rings is 1. The van der Waals surface area contributed by atoms with E-state index in [2.05, 4.69) is 21.7 Å². The van der Waals surface area contributed by atoms with E-state index in [-0.39, 0.29) is 18.4 Å². The predicted molar refractivity (Wildman–Crippen MR) is 89.8 cm³/mol. The molecule has 2 amide bonds. The van der Waals surface area contributed by atoms with Gasteiger partial charge in [-0.05, 0) is 30.9 Å². The maximum absolute atomic E-state index is 12.2. The third-order valence-corrected chi connectivity index (χ3v) is 4.36. The van der Waals surface area contributed by atoms with Crippen molar-refractivity contribution in [3.63, 3.8) is 0 Å². The van der Waals surface area contributed by atoms with Crippen molar-refractivity contribution in [2.24, 2.45) is 11.3 Å². The van der Waals surface area contributed by atoms with Crippen LogP contribution in [0.3, 0.4) is 0 Å². The number of fused-ring (bicyclic) bond motifs is 1. The number of benzene rings is 1. The summed E-state index contributed by atoms with van der Waals surface area (Å²) in [5.41, 5.74) is 0.321. The number of amides is 2. The summed E-state index contributed by atoms with van der Waals surface area (Å²) in [5, 5.41) is 15.5. The number of carbonyl (C=O) groups excluding carboxylic acids is 2. The van der Waals surface area contributed by atoms with Gasteiger partial charge in [0.25, 0.3) is 0 Å². The van der Waals surface area contributed by atoms with Crippen molar-refractivity contribution in [1.29, 1.82) is 5.26 Å². The first-order valence-corrected chi connectivity index (χ1v) is 7.87. The SMILES string of the molecule is CC1CC(C#N)(C(=O)NCC(=O)Nc2cccc3cccnc23)C1. The average Bonchev–Trinajstić information content (AvgIpc) is 2.57. The minimum Gasteiger partial charge on any atom is -0.346 e. The van der Waals surface area contributed by atoms with Crippen LogP contribution < -0.4 is 10.6 Å². The molecule has 0 unspecified atom stereocenters. The molecule has 3 rings (SSSR count). The highest BCUT2D eigenvalue weighted by molar-refractivity contribution is 6.02. The van der Waals surface area contributed by atoms with Gasteiger partial charge in [-0.15, -0.1) is 0 Å². The topological polar surface area (TPSA) is 94.9 Å². The molecule has 2 aromatic rings. The normalized spacial score (nSPS) is 22.2. The molecule has 1 aromatic heterocycles. The summed E-state index contributed by atoms with van der Waals surface area (Å²) >= 11 is 0. The summed E-state index contributed by atoms with van der Waals surface area (Å²) in [6.45, 7) is 1.84. The zero-order chi connectivity index (χ0) is 17.2. The molecule has 0 bridgehead atoms. The van der Waals surface area contributed by atoms with Gasteiger partial charge in [0.1, 0.15) is 5.41 Å². The quantitative estimate of drug-likeness (QED) is 0.902. The van der Waals surface area contributed by atoms with Crippen molar-refractivity contribution in [2.75, 3.05) is 11.9 Å². The molecular formula is C18H18N4O2. The van der Waals surface area contributed by atoms with Crippen molar-refractivity contribution in [3.05, 3.63) is 36.5 Å². The third-order valence-electron chi connectivity index (χ3n) is 4.36. The van der Waals surface area contributed by atoms with E-state index in [9.17, 15) is 14.9 Å². The molecule has 1 fully saturated rings. The van der Waals surface area contributed by atoms with Gasteiger partial charge in [0.2, 0.25) is 11.8 Å². The minimum atomic E-state index is -0.972. The van der Waals surface area contributed by atoms with Crippen molar-refractivity contribution in [2.45, 2.75) is 19.8 Å². The number of rotatable bonds is 4. The maximum atomic E-state index is 12.2. The zero-order valence-electron chi connectivity index (χ0n) is 13.4. The van der Waals surface area contributed by atoms with Crippen LogP contribution >= 0.6 is 0 Å². The molecule has 0 radical (unpaired) electrons. The third kappa shape index (κ3) is 2.93. The van der Waals surface area contributed by atoms with E-state index in [0.29, 0.717) is 30.0 Å². The molecule has 1 aliphatic carbocycles. The second kappa shape index (κ2) is 6.28. The maximum Gasteiger partial charge on any atom is 0.243 e. The zero-order valence-corrected chi connectivity index (χ0v) is 13.4. The van der Waals surface area contributed by atoms with Crippen molar-refractivity contribution in [1.82, 2.24) is 10.3 Å². The number of hydrogen-bond acceptors (Lipinski definition) is 4. The number of nitrogens with one attached hydrogen (secondary N) is 2. The Morgan fingerprint density at radius 1 is 1.33 bits per heavy atom. The Morgan fingerprint density at radius 2 is 2.08 bits per heavy atom. The lowest BCUT2D eigenvalue weighted by Crippen LogP contribution is -2.49. The average molecular weight is 322 g/mol. The summed E-state index contributed by atoms with van der Waals surface area (Å²) in [7, 11) is 0. The Kier molecular flexibility index (Phi) is 4.17. The standard InChI is InChI=1S/C18H18N4O2/c1-12-8-18(9-12,11-19)17(24)21-10-15(23)22-14-6-2-4-13-5-3-7-20-16(13)14/h2-7,12H,8-10H2,1H3,(H,21,24)(H,22,23). The number of hydrogen-bond donors (Lipinski definition) is 2. The summed E-state index contributed by atoms with van der Waals surface area (Å²) in [6, 6.07) is 11.3. The molecule has 1 aliphatic rings. The Labute approximate surface area is 139 Å². The van der Waals surface area contributed by atoms with Gasteiger partial charge in [-0.25, -0.2) is 0 Å². The lowest BCUT2D eigenvalue weighted by Gasteiger charge is -2.39. The lowest BCUT2D eigenvalue weighted by molar-refractivity contribution is -0.135. The van der Waals surface area contributed by atoms with Gasteiger partial charge in [0.15, 0.2) is 0 Å². The first kappa shape index (κ1) is 15.9. The molecule has 122 valence electrons. The summed E-state index contributed by atoms with van der Waals surface area (Å²) in [4.78, 5) is 28.5. The highest BCUT2D eigenvalue weighted by Crippen LogP contribution is 2.44. The molecule has 1 heterocycles. The fourth-order valence-electron chi connectivity index (χ4n) is 3.19. The van der Waals surface area contributed by atoms with Gasteiger partial charge in [0.05, 0.1) is 23.8 Å². The van der Waals surface area contributed by atoms with Crippen molar-refractivity contribution >= 4 is 28.4 Å². The monoisotopic (exact) mass is 322 g/mol. The Bertz CT molecular complexity index is 829. The van der Waals surface area contributed by atoms with Gasteiger partial charge in [-0.1, -0.05) is 25.1 Å². The van der Waals surface area contributed by atoms with E-state index in [1.165, 1.54) is 0 Å². The van der Waals surface area contributed by atoms with Crippen LogP contribution in [0.2, 0.25) is 0 Å². The van der Waals surface area contributed by atoms with Crippen LogP contribution in [0.15, 0.2) is 36.5 Å². The van der Waals surface area contributed by atoms with Crippen LogP contribution in [0.1, 0.15) is 19.8 Å². The molecule has 6 nitrogen and oxygen atoms in total. The fraction of sp³-hybridized carbons (Fsp3) is 0.333. The lowest BCUT2D eigenvalue weighted by atomic mass is 9.63. The Hall–Kier alpha value is -2.94. The van der Waals surface area contributed by atoms with Crippen LogP contribution in [0, 0.1) is 22.7 Å². The number of nitriles is 1. The molecular weight excluding hydrogens is 304 g/mol. The molecule has 1 aromatic carbocycles. The largest absolute Gasteiger partial charge is 0.346 e. The fourth-order valence-corrected chi connectivity index (χ4v) is 3.19. The summed E-state index contributed by atoms with van der Waals surface area (Å²) in [6.07, 6.45) is 2.75. The molecule has 1 saturated carbocycles. The van der Waals surface area contributed by atoms with Crippen molar-refractivity contribution < 1.29 is 9.59 Å². The molecule has 0 saturated heterocycles. The molecule has 6 heteroatoms. The highest BCUT2D eigenvalue weighted by atomic mass is 16.2. The number of aromatic nitrogens is 1. The van der Waals surface area contributed by atoms with Gasteiger partial charge < -0.3 is 10.6 Å². The van der Waals surface area contributed by atoms with Gasteiger partial charge in [0, 0.05) is 11.6 Å². The van der Waals surface area contributed by atoms with Gasteiger partial charge in [-0.3, -0.25) is 14.6 Å². The number of anilines is 1. The van der Waals surface area contributed by atoms with Crippen LogP contribution in [0.4, 0.5) is 5.69 Å². The number of para-hydroxylation sites is 1. The van der Waals surface area contributed by atoms with Crippen LogP contribution in [0.5, 0.6) is 0 Å². The highest BCUT2D eigenvalue weighted by Gasteiger charge is 2.48. The number of nitrogens with zero attached hydrogens (tertiary/aromatic N) is 2. The van der Waals surface area contributed by atoms with E-state index in [1.807, 2.05) is 31.2 Å². The van der Waals surface area contributed by atoms with Crippen LogP contribution in [0.25, 0.3) is 10.9 Å².